The first kappa shape index (κ1) is 13.2. The van der Waals surface area contributed by atoms with Crippen LogP contribution in [0, 0.1) is 0 Å². The number of nitrogens with one attached hydrogen (secondary N) is 1. The summed E-state index contributed by atoms with van der Waals surface area (Å²) in [6.45, 7) is 1.39. The Morgan fingerprint density at radius 2 is 1.89 bits per heavy atom. The number of hydrogen-bond acceptors (Lipinski definition) is 3. The van der Waals surface area contributed by atoms with Gasteiger partial charge in [0, 0.05) is 11.0 Å². The molecule has 1 aliphatic heterocycles. The van der Waals surface area contributed by atoms with Gasteiger partial charge in [-0.2, -0.15) is 0 Å². The SMILES string of the molecule is CNCCCCN1C(=O)c2ccc(Br)cc2C1=O. The maximum atomic E-state index is 12.1. The zero-order chi connectivity index (χ0) is 13.1. The van der Waals surface area contributed by atoms with Crippen molar-refractivity contribution >= 4 is 27.7 Å². The molecule has 2 rings (SSSR count). The van der Waals surface area contributed by atoms with Crippen LogP contribution < -0.4 is 5.32 Å². The average molecular weight is 311 g/mol. The summed E-state index contributed by atoms with van der Waals surface area (Å²) in [5, 5.41) is 3.05. The van der Waals surface area contributed by atoms with Crippen molar-refractivity contribution in [2.24, 2.45) is 0 Å². The van der Waals surface area contributed by atoms with Gasteiger partial charge in [0.05, 0.1) is 11.1 Å². The molecular weight excluding hydrogens is 296 g/mol. The maximum Gasteiger partial charge on any atom is 0.261 e. The van der Waals surface area contributed by atoms with E-state index in [0.29, 0.717) is 17.7 Å². The number of carbonyl (C=O) groups is 2. The van der Waals surface area contributed by atoms with Gasteiger partial charge in [-0.1, -0.05) is 15.9 Å². The summed E-state index contributed by atoms with van der Waals surface area (Å²) in [5.41, 5.74) is 1.01. The second-order valence-corrected chi connectivity index (χ2v) is 5.18. The third-order valence-corrected chi connectivity index (χ3v) is 3.48. The molecular formula is C13H15BrN2O2. The van der Waals surface area contributed by atoms with Gasteiger partial charge in [0.15, 0.2) is 0 Å². The molecule has 0 spiro atoms. The Morgan fingerprint density at radius 1 is 1.17 bits per heavy atom. The van der Waals surface area contributed by atoms with E-state index < -0.39 is 0 Å². The fourth-order valence-electron chi connectivity index (χ4n) is 2.04. The molecule has 0 bridgehead atoms. The lowest BCUT2D eigenvalue weighted by molar-refractivity contribution is 0.0652. The Kier molecular flexibility index (Phi) is 4.14. The number of benzene rings is 1. The van der Waals surface area contributed by atoms with Crippen molar-refractivity contribution in [3.05, 3.63) is 33.8 Å². The van der Waals surface area contributed by atoms with Crippen molar-refractivity contribution in [2.75, 3.05) is 20.1 Å². The smallest absolute Gasteiger partial charge is 0.261 e. The topological polar surface area (TPSA) is 49.4 Å². The standard InChI is InChI=1S/C13H15BrN2O2/c1-15-6-2-3-7-16-12(17)10-5-4-9(14)8-11(10)13(16)18/h4-5,8,15H,2-3,6-7H2,1H3. The van der Waals surface area contributed by atoms with Crippen LogP contribution in [0.5, 0.6) is 0 Å². The molecule has 5 heteroatoms. The van der Waals surface area contributed by atoms with E-state index in [1.54, 1.807) is 18.2 Å². The summed E-state index contributed by atoms with van der Waals surface area (Å²) >= 11 is 3.32. The van der Waals surface area contributed by atoms with E-state index >= 15 is 0 Å². The summed E-state index contributed by atoms with van der Waals surface area (Å²) in [5.74, 6) is -0.354. The van der Waals surface area contributed by atoms with Crippen LogP contribution in [0.2, 0.25) is 0 Å². The van der Waals surface area contributed by atoms with Gasteiger partial charge >= 0.3 is 0 Å². The van der Waals surface area contributed by atoms with E-state index in [1.165, 1.54) is 4.90 Å². The second-order valence-electron chi connectivity index (χ2n) is 4.26. The molecule has 0 aromatic heterocycles. The highest BCUT2D eigenvalue weighted by atomic mass is 79.9. The highest BCUT2D eigenvalue weighted by Gasteiger charge is 2.34. The summed E-state index contributed by atoms with van der Waals surface area (Å²) in [6, 6.07) is 5.20. The molecule has 0 radical (unpaired) electrons. The Hall–Kier alpha value is -1.20. The third kappa shape index (κ3) is 2.47. The minimum Gasteiger partial charge on any atom is -0.320 e. The lowest BCUT2D eigenvalue weighted by atomic mass is 10.1. The molecule has 1 aromatic carbocycles. The van der Waals surface area contributed by atoms with E-state index in [0.717, 1.165) is 23.9 Å². The first-order valence-corrected chi connectivity index (χ1v) is 6.75. The molecule has 0 saturated carbocycles. The monoisotopic (exact) mass is 310 g/mol. The van der Waals surface area contributed by atoms with Crippen LogP contribution in [-0.4, -0.2) is 36.9 Å². The molecule has 0 fully saturated rings. The number of fused-ring (bicyclic) bond motifs is 1. The second kappa shape index (κ2) is 5.63. The van der Waals surface area contributed by atoms with Crippen molar-refractivity contribution in [1.82, 2.24) is 10.2 Å². The largest absolute Gasteiger partial charge is 0.320 e. The Labute approximate surface area is 114 Å². The highest BCUT2D eigenvalue weighted by Crippen LogP contribution is 2.26. The summed E-state index contributed by atoms with van der Waals surface area (Å²) in [6.07, 6.45) is 1.78. The predicted molar refractivity (Wildman–Crippen MR) is 72.7 cm³/mol. The molecule has 2 amide bonds. The number of halogens is 1. The summed E-state index contributed by atoms with van der Waals surface area (Å²) in [7, 11) is 1.89. The number of unbranched alkanes of at least 4 members (excludes halogenated alkanes) is 1. The molecule has 1 heterocycles. The van der Waals surface area contributed by atoms with Crippen LogP contribution >= 0.6 is 15.9 Å². The quantitative estimate of drug-likeness (QED) is 0.669. The van der Waals surface area contributed by atoms with E-state index in [4.69, 9.17) is 0 Å². The molecule has 18 heavy (non-hydrogen) atoms. The van der Waals surface area contributed by atoms with Crippen LogP contribution in [0.15, 0.2) is 22.7 Å². The van der Waals surface area contributed by atoms with Crippen molar-refractivity contribution < 1.29 is 9.59 Å². The number of rotatable bonds is 5. The molecule has 4 nitrogen and oxygen atoms in total. The number of nitrogens with zero attached hydrogens (tertiary/aromatic N) is 1. The number of carbonyl (C=O) groups excluding carboxylic acids is 2. The van der Waals surface area contributed by atoms with E-state index in [1.807, 2.05) is 7.05 Å². The normalized spacial score (nSPS) is 14.2. The van der Waals surface area contributed by atoms with E-state index in [-0.39, 0.29) is 11.8 Å². The molecule has 0 unspecified atom stereocenters. The third-order valence-electron chi connectivity index (χ3n) is 2.99. The zero-order valence-corrected chi connectivity index (χ0v) is 11.8. The molecule has 1 N–H and O–H groups in total. The molecule has 0 saturated heterocycles. The number of imide groups is 1. The summed E-state index contributed by atoms with van der Waals surface area (Å²) in [4.78, 5) is 25.5. The molecule has 1 aliphatic rings. The lowest BCUT2D eigenvalue weighted by Crippen LogP contribution is -2.31. The van der Waals surface area contributed by atoms with Crippen LogP contribution in [0.25, 0.3) is 0 Å². The highest BCUT2D eigenvalue weighted by molar-refractivity contribution is 9.10. The molecule has 1 aromatic rings. The van der Waals surface area contributed by atoms with Gasteiger partial charge < -0.3 is 5.32 Å². The van der Waals surface area contributed by atoms with Gasteiger partial charge in [-0.25, -0.2) is 0 Å². The van der Waals surface area contributed by atoms with E-state index in [9.17, 15) is 9.59 Å². The Morgan fingerprint density at radius 3 is 2.61 bits per heavy atom. The zero-order valence-electron chi connectivity index (χ0n) is 10.2. The van der Waals surface area contributed by atoms with Crippen LogP contribution in [-0.2, 0) is 0 Å². The van der Waals surface area contributed by atoms with Crippen molar-refractivity contribution in [3.8, 4) is 0 Å². The first-order chi connectivity index (χ1) is 8.65. The fraction of sp³-hybridized carbons (Fsp3) is 0.385. The minimum atomic E-state index is -0.180. The Balaban J connectivity index is 2.08. The van der Waals surface area contributed by atoms with Crippen LogP contribution in [0.3, 0.4) is 0 Å². The van der Waals surface area contributed by atoms with Gasteiger partial charge in [0.1, 0.15) is 0 Å². The Bertz CT molecular complexity index is 488. The maximum absolute atomic E-state index is 12.1. The number of hydrogen-bond donors (Lipinski definition) is 1. The van der Waals surface area contributed by atoms with Gasteiger partial charge in [-0.3, -0.25) is 14.5 Å². The van der Waals surface area contributed by atoms with Gasteiger partial charge in [0.25, 0.3) is 11.8 Å². The first-order valence-electron chi connectivity index (χ1n) is 5.95. The van der Waals surface area contributed by atoms with Crippen LogP contribution in [0.1, 0.15) is 33.6 Å². The van der Waals surface area contributed by atoms with Gasteiger partial charge in [-0.15, -0.1) is 0 Å². The summed E-state index contributed by atoms with van der Waals surface area (Å²) < 4.78 is 0.819. The van der Waals surface area contributed by atoms with Crippen molar-refractivity contribution in [1.29, 1.82) is 0 Å². The number of amides is 2. The molecule has 96 valence electrons. The van der Waals surface area contributed by atoms with Crippen molar-refractivity contribution in [3.63, 3.8) is 0 Å². The lowest BCUT2D eigenvalue weighted by Gasteiger charge is -2.13. The van der Waals surface area contributed by atoms with Gasteiger partial charge in [0.2, 0.25) is 0 Å². The average Bonchev–Trinajstić information content (AvgIpc) is 2.59. The van der Waals surface area contributed by atoms with Gasteiger partial charge in [-0.05, 0) is 44.6 Å². The molecule has 0 atom stereocenters. The van der Waals surface area contributed by atoms with Crippen LogP contribution in [0.4, 0.5) is 0 Å². The molecule has 0 aliphatic carbocycles. The van der Waals surface area contributed by atoms with Crippen molar-refractivity contribution in [2.45, 2.75) is 12.8 Å². The fourth-order valence-corrected chi connectivity index (χ4v) is 2.40. The van der Waals surface area contributed by atoms with E-state index in [2.05, 4.69) is 21.2 Å². The predicted octanol–water partition coefficient (Wildman–Crippen LogP) is 2.04. The minimum absolute atomic E-state index is 0.174.